The van der Waals surface area contributed by atoms with E-state index in [9.17, 15) is 4.79 Å². The zero-order valence-corrected chi connectivity index (χ0v) is 17.8. The first kappa shape index (κ1) is 20.0. The van der Waals surface area contributed by atoms with Crippen LogP contribution in [0.15, 0.2) is 78.2 Å². The smallest absolute Gasteiger partial charge is 0.234 e. The van der Waals surface area contributed by atoms with Crippen LogP contribution in [0.4, 0.5) is 5.69 Å². The van der Waals surface area contributed by atoms with Crippen molar-refractivity contribution in [1.82, 2.24) is 19.5 Å². The Labute approximate surface area is 179 Å². The van der Waals surface area contributed by atoms with Gasteiger partial charge in [-0.1, -0.05) is 48.2 Å². The predicted molar refractivity (Wildman–Crippen MR) is 120 cm³/mol. The molecule has 4 aromatic rings. The topological polar surface area (TPSA) is 64.7 Å². The summed E-state index contributed by atoms with van der Waals surface area (Å²) in [7, 11) is 0. The van der Waals surface area contributed by atoms with Crippen LogP contribution in [0.25, 0.3) is 0 Å². The number of carbonyl (C=O) groups is 1. The molecule has 1 amide bonds. The Balaban J connectivity index is 1.50. The maximum absolute atomic E-state index is 12.5. The van der Waals surface area contributed by atoms with Crippen molar-refractivity contribution in [3.8, 4) is 0 Å². The molecule has 1 N–H and O–H groups in total. The number of hydrogen-bond acceptors (Lipinski definition) is 4. The van der Waals surface area contributed by atoms with Crippen LogP contribution in [0.2, 0.25) is 0 Å². The van der Waals surface area contributed by atoms with Gasteiger partial charge in [0.25, 0.3) is 0 Å². The van der Waals surface area contributed by atoms with Crippen LogP contribution in [-0.2, 0) is 11.2 Å². The summed E-state index contributed by atoms with van der Waals surface area (Å²) in [5, 5.41) is 12.4. The fourth-order valence-electron chi connectivity index (χ4n) is 3.34. The third kappa shape index (κ3) is 4.80. The van der Waals surface area contributed by atoms with E-state index in [2.05, 4.69) is 33.7 Å². The van der Waals surface area contributed by atoms with Gasteiger partial charge in [-0.15, -0.1) is 10.2 Å². The van der Waals surface area contributed by atoms with E-state index in [0.29, 0.717) is 11.6 Å². The van der Waals surface area contributed by atoms with Crippen molar-refractivity contribution >= 4 is 23.4 Å². The Kier molecular flexibility index (Phi) is 5.99. The molecule has 2 heterocycles. The van der Waals surface area contributed by atoms with E-state index in [4.69, 9.17) is 0 Å². The molecular weight excluding hydrogens is 394 g/mol. The molecule has 0 bridgehead atoms. The molecule has 0 aliphatic rings. The maximum Gasteiger partial charge on any atom is 0.234 e. The van der Waals surface area contributed by atoms with Gasteiger partial charge >= 0.3 is 0 Å². The van der Waals surface area contributed by atoms with E-state index in [0.717, 1.165) is 28.2 Å². The van der Waals surface area contributed by atoms with Crippen LogP contribution in [-0.4, -0.2) is 31.2 Å². The second-order valence-corrected chi connectivity index (χ2v) is 8.09. The van der Waals surface area contributed by atoms with Crippen LogP contribution >= 0.6 is 11.8 Å². The minimum absolute atomic E-state index is 0.0725. The zero-order chi connectivity index (χ0) is 20.9. The summed E-state index contributed by atoms with van der Waals surface area (Å²) in [4.78, 5) is 12.5. The molecule has 2 aromatic heterocycles. The number of hydrogen-bond donors (Lipinski definition) is 1. The third-order valence-corrected chi connectivity index (χ3v) is 5.46. The lowest BCUT2D eigenvalue weighted by Crippen LogP contribution is -2.16. The van der Waals surface area contributed by atoms with Gasteiger partial charge < -0.3 is 5.32 Å². The predicted octanol–water partition coefficient (Wildman–Crippen LogP) is 4.33. The normalized spacial score (nSPS) is 10.9. The van der Waals surface area contributed by atoms with E-state index in [1.54, 1.807) is 0 Å². The van der Waals surface area contributed by atoms with E-state index >= 15 is 0 Å². The minimum atomic E-state index is -0.0725. The Bertz CT molecular complexity index is 1120. The second-order valence-electron chi connectivity index (χ2n) is 7.15. The Morgan fingerprint density at radius 2 is 1.67 bits per heavy atom. The minimum Gasteiger partial charge on any atom is -0.325 e. The summed E-state index contributed by atoms with van der Waals surface area (Å²) in [6.45, 7) is 4.04. The lowest BCUT2D eigenvalue weighted by molar-refractivity contribution is -0.113. The number of aryl methyl sites for hydroxylation is 2. The fourth-order valence-corrected chi connectivity index (χ4v) is 4.09. The first-order valence-electron chi connectivity index (χ1n) is 9.71. The Morgan fingerprint density at radius 3 is 2.37 bits per heavy atom. The van der Waals surface area contributed by atoms with Gasteiger partial charge in [0.1, 0.15) is 0 Å². The maximum atomic E-state index is 12.5. The Hall–Kier alpha value is -3.32. The van der Waals surface area contributed by atoms with Gasteiger partial charge in [-0.3, -0.25) is 9.47 Å². The lowest BCUT2D eigenvalue weighted by Gasteiger charge is -2.11. The number of aromatic nitrogens is 4. The lowest BCUT2D eigenvalue weighted by atomic mass is 10.1. The summed E-state index contributed by atoms with van der Waals surface area (Å²) in [5.74, 6) is 0.990. The number of amides is 1. The van der Waals surface area contributed by atoms with Gasteiger partial charge in [-0.05, 0) is 54.8 Å². The van der Waals surface area contributed by atoms with E-state index < -0.39 is 0 Å². The highest BCUT2D eigenvalue weighted by atomic mass is 32.2. The molecular formula is C23H23N5OS. The molecule has 0 saturated carbocycles. The van der Waals surface area contributed by atoms with E-state index in [1.165, 1.54) is 11.8 Å². The van der Waals surface area contributed by atoms with Crippen molar-refractivity contribution in [3.05, 3.63) is 95.6 Å². The van der Waals surface area contributed by atoms with Crippen LogP contribution in [0, 0.1) is 13.8 Å². The Morgan fingerprint density at radius 1 is 0.967 bits per heavy atom. The van der Waals surface area contributed by atoms with Gasteiger partial charge in [0.15, 0.2) is 5.82 Å². The van der Waals surface area contributed by atoms with Crippen LogP contribution in [0.5, 0.6) is 0 Å². The quantitative estimate of drug-likeness (QED) is 0.455. The molecule has 0 unspecified atom stereocenters. The molecule has 7 heteroatoms. The van der Waals surface area contributed by atoms with E-state index in [1.807, 2.05) is 78.1 Å². The largest absolute Gasteiger partial charge is 0.325 e. The highest BCUT2D eigenvalue weighted by molar-refractivity contribution is 7.99. The van der Waals surface area contributed by atoms with Crippen molar-refractivity contribution in [2.45, 2.75) is 25.4 Å². The summed E-state index contributed by atoms with van der Waals surface area (Å²) in [6.07, 6.45) is 4.54. The fraction of sp³-hybridized carbons (Fsp3) is 0.174. The average molecular weight is 418 g/mol. The van der Waals surface area contributed by atoms with Crippen LogP contribution < -0.4 is 5.32 Å². The molecule has 0 aliphatic carbocycles. The van der Waals surface area contributed by atoms with Crippen molar-refractivity contribution in [2.24, 2.45) is 0 Å². The number of benzene rings is 2. The van der Waals surface area contributed by atoms with E-state index in [-0.39, 0.29) is 11.7 Å². The average Bonchev–Trinajstić information content (AvgIpc) is 3.36. The van der Waals surface area contributed by atoms with Crippen LogP contribution in [0.1, 0.15) is 22.5 Å². The second kappa shape index (κ2) is 9.00. The van der Waals surface area contributed by atoms with Gasteiger partial charge in [0, 0.05) is 24.5 Å². The van der Waals surface area contributed by atoms with Gasteiger partial charge in [-0.2, -0.15) is 0 Å². The number of nitrogens with zero attached hydrogens (tertiary/aromatic N) is 4. The molecule has 0 atom stereocenters. The van der Waals surface area contributed by atoms with Crippen molar-refractivity contribution in [3.63, 3.8) is 0 Å². The first-order valence-corrected chi connectivity index (χ1v) is 10.7. The molecule has 152 valence electrons. The number of rotatable bonds is 7. The molecule has 2 aromatic carbocycles. The van der Waals surface area contributed by atoms with Gasteiger partial charge in [0.05, 0.1) is 5.75 Å². The van der Waals surface area contributed by atoms with Gasteiger partial charge in [-0.25, -0.2) is 4.68 Å². The number of anilines is 1. The highest BCUT2D eigenvalue weighted by Crippen LogP contribution is 2.20. The molecule has 6 nitrogen and oxygen atoms in total. The standard InChI is InChI=1S/C23H23N5OS/c1-17-12-18(2)14-20(13-17)24-22(29)16-30-23-26-25-21(15-19-8-4-3-5-9-19)28(23)27-10-6-7-11-27/h3-14H,15-16H2,1-2H3,(H,24,29). The van der Waals surface area contributed by atoms with Crippen molar-refractivity contribution < 1.29 is 4.79 Å². The molecule has 0 radical (unpaired) electrons. The third-order valence-electron chi connectivity index (χ3n) is 4.54. The van der Waals surface area contributed by atoms with Crippen molar-refractivity contribution in [2.75, 3.05) is 11.1 Å². The summed E-state index contributed by atoms with van der Waals surface area (Å²) in [6, 6.07) is 20.1. The molecule has 4 rings (SSSR count). The molecule has 0 spiro atoms. The first-order chi connectivity index (χ1) is 14.6. The summed E-state index contributed by atoms with van der Waals surface area (Å²) in [5.41, 5.74) is 4.21. The molecule has 0 fully saturated rings. The summed E-state index contributed by atoms with van der Waals surface area (Å²) >= 11 is 1.37. The SMILES string of the molecule is Cc1cc(C)cc(NC(=O)CSc2nnc(Cc3ccccc3)n2-n2cccc2)c1. The molecule has 30 heavy (non-hydrogen) atoms. The summed E-state index contributed by atoms with van der Waals surface area (Å²) < 4.78 is 3.88. The monoisotopic (exact) mass is 417 g/mol. The highest BCUT2D eigenvalue weighted by Gasteiger charge is 2.16. The van der Waals surface area contributed by atoms with Crippen molar-refractivity contribution in [1.29, 1.82) is 0 Å². The molecule has 0 aliphatic heterocycles. The zero-order valence-electron chi connectivity index (χ0n) is 16.9. The number of thioether (sulfide) groups is 1. The number of nitrogens with one attached hydrogen (secondary N) is 1. The number of carbonyl (C=O) groups excluding carboxylic acids is 1. The molecule has 0 saturated heterocycles. The van der Waals surface area contributed by atoms with Gasteiger partial charge in [0.2, 0.25) is 11.1 Å². The van der Waals surface area contributed by atoms with Crippen LogP contribution in [0.3, 0.4) is 0 Å².